The van der Waals surface area contributed by atoms with Gasteiger partial charge in [0.25, 0.3) is 11.8 Å². The number of nitrogens with zero attached hydrogens (tertiary/aromatic N) is 2. The van der Waals surface area contributed by atoms with Crippen LogP contribution in [0.4, 0.5) is 5.69 Å². The summed E-state index contributed by atoms with van der Waals surface area (Å²) in [5.74, 6) is -1.00. The Morgan fingerprint density at radius 1 is 1.03 bits per heavy atom. The van der Waals surface area contributed by atoms with Gasteiger partial charge in [-0.15, -0.1) is 0 Å². The molecule has 2 amide bonds. The van der Waals surface area contributed by atoms with Gasteiger partial charge in [-0.05, 0) is 86.1 Å². The first kappa shape index (κ1) is 23.2. The Kier molecular flexibility index (Phi) is 6.43. The maximum Gasteiger partial charge on any atom is 0.270 e. The molecule has 0 radical (unpaired) electrons. The van der Waals surface area contributed by atoms with E-state index < -0.39 is 11.8 Å². The zero-order valence-corrected chi connectivity index (χ0v) is 20.6. The summed E-state index contributed by atoms with van der Waals surface area (Å²) in [6.45, 7) is 5.87. The predicted octanol–water partition coefficient (Wildman–Crippen LogP) is 5.79. The van der Waals surface area contributed by atoms with E-state index in [1.54, 1.807) is 24.3 Å². The van der Waals surface area contributed by atoms with Crippen LogP contribution in [0.15, 0.2) is 54.1 Å². The Balaban J connectivity index is 1.76. The molecule has 4 rings (SSSR count). The minimum Gasteiger partial charge on any atom is -0.316 e. The molecule has 0 saturated carbocycles. The number of anilines is 1. The fourth-order valence-corrected chi connectivity index (χ4v) is 4.54. The van der Waals surface area contributed by atoms with Gasteiger partial charge >= 0.3 is 0 Å². The highest BCUT2D eigenvalue weighted by Gasteiger charge is 2.34. The minimum atomic E-state index is -0.531. The smallest absolute Gasteiger partial charge is 0.270 e. The Morgan fingerprint density at radius 2 is 1.73 bits per heavy atom. The quantitative estimate of drug-likeness (QED) is 0.281. The molecule has 0 bridgehead atoms. The zero-order valence-electron chi connectivity index (χ0n) is 18.3. The molecule has 1 aliphatic rings. The standard InChI is InChI=1S/C25H21Cl2N3O2S/c1-4-16-5-8-19(9-6-16)30-24(32)20(23(31)28-25(30)33)12-17-11-14(2)29(15(17)3)22-13-18(26)7-10-21(22)27/h5-13H,4H2,1-3H3,(H,28,31,33)/b20-12+. The van der Waals surface area contributed by atoms with Crippen LogP contribution in [0.5, 0.6) is 0 Å². The topological polar surface area (TPSA) is 54.3 Å². The van der Waals surface area contributed by atoms with Crippen molar-refractivity contribution < 1.29 is 9.59 Å². The fraction of sp³-hybridized carbons (Fsp3) is 0.160. The molecule has 33 heavy (non-hydrogen) atoms. The van der Waals surface area contributed by atoms with E-state index in [0.29, 0.717) is 15.7 Å². The molecule has 3 aromatic rings. The van der Waals surface area contributed by atoms with E-state index in [-0.39, 0.29) is 10.7 Å². The highest BCUT2D eigenvalue weighted by Crippen LogP contribution is 2.30. The van der Waals surface area contributed by atoms with Crippen LogP contribution in [0.25, 0.3) is 11.8 Å². The molecule has 168 valence electrons. The summed E-state index contributed by atoms with van der Waals surface area (Å²) < 4.78 is 1.94. The number of benzene rings is 2. The third-order valence-corrected chi connectivity index (χ3v) is 6.46. The van der Waals surface area contributed by atoms with Gasteiger partial charge in [0.1, 0.15) is 5.57 Å². The molecular weight excluding hydrogens is 477 g/mol. The first-order valence-electron chi connectivity index (χ1n) is 10.4. The van der Waals surface area contributed by atoms with Crippen molar-refractivity contribution in [3.8, 4) is 5.69 Å². The molecule has 8 heteroatoms. The number of nitrogens with one attached hydrogen (secondary N) is 1. The minimum absolute atomic E-state index is 0.000564. The number of thiocarbonyl (C=S) groups is 1. The highest BCUT2D eigenvalue weighted by atomic mass is 35.5. The number of aromatic nitrogens is 1. The molecule has 5 nitrogen and oxygen atoms in total. The first-order chi connectivity index (χ1) is 15.7. The maximum absolute atomic E-state index is 13.3. The number of carbonyl (C=O) groups is 2. The summed E-state index contributed by atoms with van der Waals surface area (Å²) in [5.41, 5.74) is 4.88. The van der Waals surface area contributed by atoms with Gasteiger partial charge in [0.05, 0.1) is 16.4 Å². The number of hydrogen-bond acceptors (Lipinski definition) is 3. The average Bonchev–Trinajstić information content (AvgIpc) is 3.06. The molecule has 0 unspecified atom stereocenters. The van der Waals surface area contributed by atoms with Crippen LogP contribution in [0.1, 0.15) is 29.4 Å². The van der Waals surface area contributed by atoms with Gasteiger partial charge in [-0.1, -0.05) is 42.3 Å². The van der Waals surface area contributed by atoms with Crippen LogP contribution in [0.2, 0.25) is 10.0 Å². The largest absolute Gasteiger partial charge is 0.316 e. The molecule has 1 fully saturated rings. The van der Waals surface area contributed by atoms with Crippen molar-refractivity contribution in [2.45, 2.75) is 27.2 Å². The lowest BCUT2D eigenvalue weighted by Gasteiger charge is -2.29. The summed E-state index contributed by atoms with van der Waals surface area (Å²) in [4.78, 5) is 27.4. The van der Waals surface area contributed by atoms with E-state index in [0.717, 1.165) is 34.6 Å². The van der Waals surface area contributed by atoms with Gasteiger partial charge in [-0.3, -0.25) is 19.8 Å². The van der Waals surface area contributed by atoms with E-state index in [2.05, 4.69) is 12.2 Å². The summed E-state index contributed by atoms with van der Waals surface area (Å²) >= 11 is 17.9. The average molecular weight is 498 g/mol. The van der Waals surface area contributed by atoms with Crippen LogP contribution >= 0.6 is 35.4 Å². The Hall–Kier alpha value is -2.93. The molecule has 1 saturated heterocycles. The molecule has 2 heterocycles. The van der Waals surface area contributed by atoms with Crippen LogP contribution in [0, 0.1) is 13.8 Å². The van der Waals surface area contributed by atoms with E-state index in [1.165, 1.54) is 4.90 Å². The van der Waals surface area contributed by atoms with Crippen molar-refractivity contribution >= 4 is 64.1 Å². The molecule has 0 aliphatic carbocycles. The van der Waals surface area contributed by atoms with Gasteiger partial charge in [0.2, 0.25) is 0 Å². The van der Waals surface area contributed by atoms with Gasteiger partial charge in [0.15, 0.2) is 5.11 Å². The van der Waals surface area contributed by atoms with E-state index in [9.17, 15) is 9.59 Å². The number of halogens is 2. The normalized spacial score (nSPS) is 15.4. The second-order valence-electron chi connectivity index (χ2n) is 7.74. The van der Waals surface area contributed by atoms with Crippen molar-refractivity contribution in [1.82, 2.24) is 9.88 Å². The van der Waals surface area contributed by atoms with Crippen LogP contribution in [-0.2, 0) is 16.0 Å². The summed E-state index contributed by atoms with van der Waals surface area (Å²) in [5, 5.41) is 3.79. The van der Waals surface area contributed by atoms with E-state index in [4.69, 9.17) is 35.4 Å². The van der Waals surface area contributed by atoms with E-state index >= 15 is 0 Å². The van der Waals surface area contributed by atoms with Gasteiger partial charge in [-0.25, -0.2) is 0 Å². The van der Waals surface area contributed by atoms with Crippen molar-refractivity contribution in [2.24, 2.45) is 0 Å². The lowest BCUT2D eigenvalue weighted by molar-refractivity contribution is -0.122. The van der Waals surface area contributed by atoms with E-state index in [1.807, 2.05) is 48.7 Å². The summed E-state index contributed by atoms with van der Waals surface area (Å²) in [6, 6.07) is 14.7. The Bertz CT molecular complexity index is 1330. The third-order valence-electron chi connectivity index (χ3n) is 5.62. The first-order valence-corrected chi connectivity index (χ1v) is 11.5. The number of amides is 2. The zero-order chi connectivity index (χ0) is 23.9. The molecular formula is C25H21Cl2N3O2S. The molecule has 2 aromatic carbocycles. The summed E-state index contributed by atoms with van der Waals surface area (Å²) in [6.07, 6.45) is 2.47. The lowest BCUT2D eigenvalue weighted by Crippen LogP contribution is -2.54. The second-order valence-corrected chi connectivity index (χ2v) is 8.97. The molecule has 0 spiro atoms. The lowest BCUT2D eigenvalue weighted by atomic mass is 10.1. The van der Waals surface area contributed by atoms with Crippen molar-refractivity contribution in [1.29, 1.82) is 0 Å². The monoisotopic (exact) mass is 497 g/mol. The fourth-order valence-electron chi connectivity index (χ4n) is 3.89. The van der Waals surface area contributed by atoms with Crippen molar-refractivity contribution in [2.75, 3.05) is 4.90 Å². The van der Waals surface area contributed by atoms with Gasteiger partial charge in [0, 0.05) is 16.4 Å². The number of carbonyl (C=O) groups excluding carboxylic acids is 2. The Morgan fingerprint density at radius 3 is 2.39 bits per heavy atom. The molecule has 1 N–H and O–H groups in total. The van der Waals surface area contributed by atoms with Crippen LogP contribution in [-0.4, -0.2) is 21.5 Å². The number of aryl methyl sites for hydroxylation is 2. The molecule has 1 aromatic heterocycles. The van der Waals surface area contributed by atoms with Crippen LogP contribution < -0.4 is 10.2 Å². The Labute approximate surface area is 207 Å². The SMILES string of the molecule is CCc1ccc(N2C(=O)/C(=C/c3cc(C)n(-c4cc(Cl)ccc4Cl)c3C)C(=O)NC2=S)cc1. The van der Waals surface area contributed by atoms with Crippen molar-refractivity contribution in [3.05, 3.63) is 86.7 Å². The molecule has 0 atom stereocenters. The number of hydrogen-bond donors (Lipinski definition) is 1. The van der Waals surface area contributed by atoms with Gasteiger partial charge < -0.3 is 4.57 Å². The maximum atomic E-state index is 13.3. The summed E-state index contributed by atoms with van der Waals surface area (Å²) in [7, 11) is 0. The van der Waals surface area contributed by atoms with Gasteiger partial charge in [-0.2, -0.15) is 0 Å². The van der Waals surface area contributed by atoms with Crippen molar-refractivity contribution in [3.63, 3.8) is 0 Å². The molecule has 1 aliphatic heterocycles. The number of rotatable bonds is 4. The second kappa shape index (κ2) is 9.14. The highest BCUT2D eigenvalue weighted by molar-refractivity contribution is 7.80. The third kappa shape index (κ3) is 4.34. The van der Waals surface area contributed by atoms with Crippen LogP contribution in [0.3, 0.4) is 0 Å². The predicted molar refractivity (Wildman–Crippen MR) is 137 cm³/mol.